The van der Waals surface area contributed by atoms with E-state index in [0.717, 1.165) is 44.9 Å². The lowest BCUT2D eigenvalue weighted by atomic mass is 9.71. The van der Waals surface area contributed by atoms with Crippen molar-refractivity contribution in [2.75, 3.05) is 39.3 Å². The molecule has 2 N–H and O–H groups in total. The largest absolute Gasteiger partial charge is 0.340 e. The molecular weight excluding hydrogens is 262 g/mol. The van der Waals surface area contributed by atoms with E-state index in [1.807, 2.05) is 0 Å². The number of nitrogens with two attached hydrogens (primary N) is 1. The van der Waals surface area contributed by atoms with Crippen molar-refractivity contribution in [3.63, 3.8) is 0 Å². The molecule has 0 radical (unpaired) electrons. The lowest BCUT2D eigenvalue weighted by Crippen LogP contribution is -2.50. The maximum atomic E-state index is 12.6. The summed E-state index contributed by atoms with van der Waals surface area (Å²) in [5, 5.41) is 0. The van der Waals surface area contributed by atoms with Gasteiger partial charge in [-0.15, -0.1) is 0 Å². The Bertz CT molecular complexity index is 353. The highest BCUT2D eigenvalue weighted by Crippen LogP contribution is 2.39. The smallest absolute Gasteiger partial charge is 0.223 e. The first-order valence-corrected chi connectivity index (χ1v) is 8.91. The summed E-state index contributed by atoms with van der Waals surface area (Å²) >= 11 is 0. The molecule has 0 bridgehead atoms. The molecule has 3 fully saturated rings. The van der Waals surface area contributed by atoms with Crippen LogP contribution in [0.5, 0.6) is 0 Å². The molecule has 3 rings (SSSR count). The van der Waals surface area contributed by atoms with Crippen molar-refractivity contribution in [1.29, 1.82) is 0 Å². The third-order valence-electron chi connectivity index (χ3n) is 5.81. The molecule has 0 unspecified atom stereocenters. The van der Waals surface area contributed by atoms with Crippen LogP contribution >= 0.6 is 0 Å². The minimum absolute atomic E-state index is 0.112. The van der Waals surface area contributed by atoms with Crippen LogP contribution in [-0.2, 0) is 4.79 Å². The Morgan fingerprint density at radius 3 is 2.29 bits per heavy atom. The predicted octanol–water partition coefficient (Wildman–Crippen LogP) is 1.84. The number of nitrogens with zero attached hydrogens (tertiary/aromatic N) is 2. The molecule has 1 aliphatic heterocycles. The maximum Gasteiger partial charge on any atom is 0.223 e. The molecule has 0 aromatic carbocycles. The first-order valence-electron chi connectivity index (χ1n) is 8.91. The average Bonchev–Trinajstić information content (AvgIpc) is 3.33. The van der Waals surface area contributed by atoms with Crippen LogP contribution in [0, 0.1) is 11.3 Å². The molecule has 1 saturated heterocycles. The summed E-state index contributed by atoms with van der Waals surface area (Å²) in [5.41, 5.74) is 6.13. The van der Waals surface area contributed by atoms with Crippen LogP contribution in [0.2, 0.25) is 0 Å². The fourth-order valence-electron chi connectivity index (χ4n) is 4.03. The van der Waals surface area contributed by atoms with Gasteiger partial charge in [-0.2, -0.15) is 0 Å². The van der Waals surface area contributed by atoms with Crippen LogP contribution in [0.15, 0.2) is 0 Å². The summed E-state index contributed by atoms with van der Waals surface area (Å²) < 4.78 is 0. The van der Waals surface area contributed by atoms with Crippen molar-refractivity contribution in [3.8, 4) is 0 Å². The zero-order valence-corrected chi connectivity index (χ0v) is 13.4. The van der Waals surface area contributed by atoms with Gasteiger partial charge in [0.2, 0.25) is 5.91 Å². The van der Waals surface area contributed by atoms with Crippen LogP contribution in [0.1, 0.15) is 51.4 Å². The minimum atomic E-state index is 0.112. The van der Waals surface area contributed by atoms with Crippen molar-refractivity contribution in [2.45, 2.75) is 51.4 Å². The molecule has 120 valence electrons. The number of hydrogen-bond donors (Lipinski definition) is 1. The Morgan fingerprint density at radius 1 is 1.05 bits per heavy atom. The molecule has 4 nitrogen and oxygen atoms in total. The van der Waals surface area contributed by atoms with Gasteiger partial charge < -0.3 is 10.6 Å². The highest BCUT2D eigenvalue weighted by molar-refractivity contribution is 5.77. The second-order valence-corrected chi connectivity index (χ2v) is 7.57. The molecular formula is C17H31N3O. The van der Waals surface area contributed by atoms with Gasteiger partial charge in [-0.05, 0) is 43.6 Å². The zero-order chi connectivity index (χ0) is 14.7. The van der Waals surface area contributed by atoms with E-state index in [0.29, 0.717) is 18.9 Å². The standard InChI is InChI=1S/C17H31N3O/c18-14-17(6-2-1-3-7-17)12-16(21)20-10-8-19(9-11-20)13-15-4-5-15/h15H,1-14,18H2. The monoisotopic (exact) mass is 293 g/mol. The van der Waals surface area contributed by atoms with Gasteiger partial charge in [0.25, 0.3) is 0 Å². The summed E-state index contributed by atoms with van der Waals surface area (Å²) in [5.74, 6) is 1.31. The van der Waals surface area contributed by atoms with Gasteiger partial charge in [-0.3, -0.25) is 9.69 Å². The van der Waals surface area contributed by atoms with Gasteiger partial charge in [0.1, 0.15) is 0 Å². The van der Waals surface area contributed by atoms with E-state index in [4.69, 9.17) is 5.73 Å². The molecule has 0 spiro atoms. The van der Waals surface area contributed by atoms with Crippen LogP contribution in [0.25, 0.3) is 0 Å². The lowest BCUT2D eigenvalue weighted by molar-refractivity contribution is -0.136. The van der Waals surface area contributed by atoms with Crippen molar-refractivity contribution < 1.29 is 4.79 Å². The number of hydrogen-bond acceptors (Lipinski definition) is 3. The molecule has 2 aliphatic carbocycles. The summed E-state index contributed by atoms with van der Waals surface area (Å²) in [6.07, 6.45) is 9.63. The number of rotatable bonds is 5. The molecule has 21 heavy (non-hydrogen) atoms. The minimum Gasteiger partial charge on any atom is -0.340 e. The quantitative estimate of drug-likeness (QED) is 0.841. The van der Waals surface area contributed by atoms with Crippen LogP contribution in [0.3, 0.4) is 0 Å². The number of carbonyl (C=O) groups is 1. The van der Waals surface area contributed by atoms with Gasteiger partial charge in [0, 0.05) is 39.1 Å². The van der Waals surface area contributed by atoms with Gasteiger partial charge in [-0.25, -0.2) is 0 Å². The number of piperazine rings is 1. The molecule has 0 atom stereocenters. The van der Waals surface area contributed by atoms with Gasteiger partial charge in [-0.1, -0.05) is 19.3 Å². The van der Waals surface area contributed by atoms with Crippen molar-refractivity contribution in [1.82, 2.24) is 9.80 Å². The average molecular weight is 293 g/mol. The van der Waals surface area contributed by atoms with E-state index in [1.165, 1.54) is 38.6 Å². The van der Waals surface area contributed by atoms with Gasteiger partial charge in [0.05, 0.1) is 0 Å². The number of amides is 1. The second kappa shape index (κ2) is 6.66. The van der Waals surface area contributed by atoms with Crippen molar-refractivity contribution in [2.24, 2.45) is 17.1 Å². The Kier molecular flexibility index (Phi) is 4.85. The van der Waals surface area contributed by atoms with E-state index in [2.05, 4.69) is 9.80 Å². The molecule has 1 heterocycles. The van der Waals surface area contributed by atoms with Crippen LogP contribution < -0.4 is 5.73 Å². The summed E-state index contributed by atoms with van der Waals surface area (Å²) in [6, 6.07) is 0. The fraction of sp³-hybridized carbons (Fsp3) is 0.941. The topological polar surface area (TPSA) is 49.6 Å². The van der Waals surface area contributed by atoms with E-state index in [-0.39, 0.29) is 5.41 Å². The number of carbonyl (C=O) groups excluding carboxylic acids is 1. The molecule has 2 saturated carbocycles. The molecule has 0 aromatic heterocycles. The molecule has 1 amide bonds. The molecule has 3 aliphatic rings. The van der Waals surface area contributed by atoms with E-state index >= 15 is 0 Å². The summed E-state index contributed by atoms with van der Waals surface area (Å²) in [4.78, 5) is 17.3. The van der Waals surface area contributed by atoms with Crippen molar-refractivity contribution in [3.05, 3.63) is 0 Å². The van der Waals surface area contributed by atoms with Crippen LogP contribution in [-0.4, -0.2) is 55.0 Å². The lowest BCUT2D eigenvalue weighted by Gasteiger charge is -2.39. The van der Waals surface area contributed by atoms with E-state index in [9.17, 15) is 4.79 Å². The summed E-state index contributed by atoms with van der Waals surface area (Å²) in [6.45, 7) is 5.92. The highest BCUT2D eigenvalue weighted by Gasteiger charge is 2.35. The zero-order valence-electron chi connectivity index (χ0n) is 13.4. The predicted molar refractivity (Wildman–Crippen MR) is 84.9 cm³/mol. The third kappa shape index (κ3) is 3.98. The van der Waals surface area contributed by atoms with Gasteiger partial charge in [0.15, 0.2) is 0 Å². The van der Waals surface area contributed by atoms with Gasteiger partial charge >= 0.3 is 0 Å². The Balaban J connectivity index is 1.46. The maximum absolute atomic E-state index is 12.6. The molecule has 0 aromatic rings. The van der Waals surface area contributed by atoms with Crippen molar-refractivity contribution >= 4 is 5.91 Å². The second-order valence-electron chi connectivity index (χ2n) is 7.57. The highest BCUT2D eigenvalue weighted by atomic mass is 16.2. The fourth-order valence-corrected chi connectivity index (χ4v) is 4.03. The first kappa shape index (κ1) is 15.3. The van der Waals surface area contributed by atoms with E-state index < -0.39 is 0 Å². The first-order chi connectivity index (χ1) is 10.2. The summed E-state index contributed by atoms with van der Waals surface area (Å²) in [7, 11) is 0. The Labute approximate surface area is 129 Å². The third-order valence-corrected chi connectivity index (χ3v) is 5.81. The molecule has 4 heteroatoms. The van der Waals surface area contributed by atoms with Crippen LogP contribution in [0.4, 0.5) is 0 Å². The van der Waals surface area contributed by atoms with E-state index in [1.54, 1.807) is 0 Å². The SMILES string of the molecule is NCC1(CC(=O)N2CCN(CC3CC3)CC2)CCCCC1. The normalized spacial score (nSPS) is 26.8. The Hall–Kier alpha value is -0.610. The Morgan fingerprint density at radius 2 is 1.71 bits per heavy atom.